The van der Waals surface area contributed by atoms with Crippen LogP contribution in [0.15, 0.2) is 22.7 Å². The van der Waals surface area contributed by atoms with Gasteiger partial charge in [-0.05, 0) is 18.2 Å². The second-order valence-electron chi connectivity index (χ2n) is 2.78. The van der Waals surface area contributed by atoms with Gasteiger partial charge in [-0.2, -0.15) is 5.26 Å². The van der Waals surface area contributed by atoms with Crippen molar-refractivity contribution in [3.05, 3.63) is 22.7 Å². The van der Waals surface area contributed by atoms with Gasteiger partial charge in [0.05, 0.1) is 11.8 Å². The van der Waals surface area contributed by atoms with E-state index in [4.69, 9.17) is 10.00 Å². The van der Waals surface area contributed by atoms with Crippen molar-refractivity contribution in [1.29, 1.82) is 5.26 Å². The first-order chi connectivity index (χ1) is 6.29. The number of nitrogens with one attached hydrogen (secondary N) is 1. The van der Waals surface area contributed by atoms with Crippen LogP contribution in [0, 0.1) is 11.3 Å². The highest BCUT2D eigenvalue weighted by Gasteiger charge is 2.17. The quantitative estimate of drug-likeness (QED) is 0.754. The van der Waals surface area contributed by atoms with Crippen molar-refractivity contribution in [2.24, 2.45) is 0 Å². The standard InChI is InChI=1S/C9H7BrN2O/c10-6-1-2-9-8(3-6)12-7(4-11)5-13-9/h1-3,7,12H,5H2. The minimum Gasteiger partial charge on any atom is -0.488 e. The Balaban J connectivity index is 2.34. The molecule has 4 heteroatoms. The number of nitrogens with zero attached hydrogens (tertiary/aromatic N) is 1. The summed E-state index contributed by atoms with van der Waals surface area (Å²) >= 11 is 3.35. The number of hydrogen-bond acceptors (Lipinski definition) is 3. The first kappa shape index (κ1) is 8.39. The van der Waals surface area contributed by atoms with Crippen molar-refractivity contribution >= 4 is 21.6 Å². The predicted octanol–water partition coefficient (Wildman–Crippen LogP) is 2.15. The highest BCUT2D eigenvalue weighted by Crippen LogP contribution is 2.31. The molecule has 0 aromatic heterocycles. The lowest BCUT2D eigenvalue weighted by molar-refractivity contribution is 0.304. The first-order valence-corrected chi connectivity index (χ1v) is 4.67. The number of rotatable bonds is 0. The molecule has 2 rings (SSSR count). The molecule has 0 fully saturated rings. The van der Waals surface area contributed by atoms with Crippen LogP contribution in [0.3, 0.4) is 0 Å². The van der Waals surface area contributed by atoms with E-state index in [1.807, 2.05) is 18.2 Å². The van der Waals surface area contributed by atoms with E-state index in [1.165, 1.54) is 0 Å². The number of fused-ring (bicyclic) bond motifs is 1. The molecule has 66 valence electrons. The number of benzene rings is 1. The fraction of sp³-hybridized carbons (Fsp3) is 0.222. The fourth-order valence-electron chi connectivity index (χ4n) is 1.21. The van der Waals surface area contributed by atoms with Crippen LogP contribution in [0.5, 0.6) is 5.75 Å². The molecule has 1 unspecified atom stereocenters. The summed E-state index contributed by atoms with van der Waals surface area (Å²) in [6.07, 6.45) is 0. The van der Waals surface area contributed by atoms with Gasteiger partial charge in [0.25, 0.3) is 0 Å². The Kier molecular flexibility index (Phi) is 2.11. The number of hydrogen-bond donors (Lipinski definition) is 1. The molecular formula is C9H7BrN2O. The van der Waals surface area contributed by atoms with Gasteiger partial charge in [-0.3, -0.25) is 0 Å². The van der Waals surface area contributed by atoms with Crippen LogP contribution in [0.4, 0.5) is 5.69 Å². The number of anilines is 1. The molecule has 0 bridgehead atoms. The molecule has 1 aromatic rings. The maximum absolute atomic E-state index is 8.68. The Morgan fingerprint density at radius 3 is 3.23 bits per heavy atom. The van der Waals surface area contributed by atoms with Gasteiger partial charge in [0.1, 0.15) is 18.4 Å². The van der Waals surface area contributed by atoms with Crippen molar-refractivity contribution < 1.29 is 4.74 Å². The average molecular weight is 239 g/mol. The minimum absolute atomic E-state index is 0.248. The Morgan fingerprint density at radius 1 is 1.62 bits per heavy atom. The monoisotopic (exact) mass is 238 g/mol. The molecule has 0 saturated carbocycles. The van der Waals surface area contributed by atoms with Crippen molar-refractivity contribution in [1.82, 2.24) is 0 Å². The second-order valence-corrected chi connectivity index (χ2v) is 3.69. The van der Waals surface area contributed by atoms with Gasteiger partial charge < -0.3 is 10.1 Å². The topological polar surface area (TPSA) is 45.0 Å². The van der Waals surface area contributed by atoms with Crippen molar-refractivity contribution in [3.63, 3.8) is 0 Å². The number of ether oxygens (including phenoxy) is 1. The molecule has 1 aliphatic heterocycles. The van der Waals surface area contributed by atoms with Crippen molar-refractivity contribution in [2.75, 3.05) is 11.9 Å². The van der Waals surface area contributed by atoms with Gasteiger partial charge in [-0.25, -0.2) is 0 Å². The van der Waals surface area contributed by atoms with Gasteiger partial charge in [-0.1, -0.05) is 15.9 Å². The molecule has 1 aliphatic rings. The maximum Gasteiger partial charge on any atom is 0.149 e. The normalized spacial score (nSPS) is 19.2. The Hall–Kier alpha value is -1.21. The largest absolute Gasteiger partial charge is 0.488 e. The van der Waals surface area contributed by atoms with Crippen LogP contribution in [0.1, 0.15) is 0 Å². The second kappa shape index (κ2) is 3.27. The Morgan fingerprint density at radius 2 is 2.46 bits per heavy atom. The molecule has 1 N–H and O–H groups in total. The van der Waals surface area contributed by atoms with Crippen molar-refractivity contribution in [2.45, 2.75) is 6.04 Å². The molecule has 13 heavy (non-hydrogen) atoms. The molecule has 1 aromatic carbocycles. The number of nitriles is 1. The van der Waals surface area contributed by atoms with Gasteiger partial charge in [0.2, 0.25) is 0 Å². The Labute approximate surface area is 84.4 Å². The summed E-state index contributed by atoms with van der Waals surface area (Å²) in [6, 6.07) is 7.55. The molecule has 0 radical (unpaired) electrons. The molecular weight excluding hydrogens is 232 g/mol. The molecule has 0 aliphatic carbocycles. The van der Waals surface area contributed by atoms with E-state index >= 15 is 0 Å². The van der Waals surface area contributed by atoms with E-state index in [0.29, 0.717) is 6.61 Å². The summed E-state index contributed by atoms with van der Waals surface area (Å²) in [6.45, 7) is 0.408. The van der Waals surface area contributed by atoms with Crippen LogP contribution in [-0.2, 0) is 0 Å². The van der Waals surface area contributed by atoms with E-state index < -0.39 is 0 Å². The van der Waals surface area contributed by atoms with E-state index in [9.17, 15) is 0 Å². The summed E-state index contributed by atoms with van der Waals surface area (Å²) in [7, 11) is 0. The third-order valence-corrected chi connectivity index (χ3v) is 2.33. The lowest BCUT2D eigenvalue weighted by atomic mass is 10.2. The summed E-state index contributed by atoms with van der Waals surface area (Å²) in [4.78, 5) is 0. The molecule has 1 atom stereocenters. The minimum atomic E-state index is -0.248. The lowest BCUT2D eigenvalue weighted by Gasteiger charge is -2.22. The zero-order chi connectivity index (χ0) is 9.26. The fourth-order valence-corrected chi connectivity index (χ4v) is 1.57. The third kappa shape index (κ3) is 1.61. The molecule has 1 heterocycles. The van der Waals surface area contributed by atoms with E-state index in [0.717, 1.165) is 15.9 Å². The molecule has 0 spiro atoms. The van der Waals surface area contributed by atoms with Crippen LogP contribution in [0.2, 0.25) is 0 Å². The first-order valence-electron chi connectivity index (χ1n) is 3.88. The van der Waals surface area contributed by atoms with Gasteiger partial charge >= 0.3 is 0 Å². The van der Waals surface area contributed by atoms with E-state index in [1.54, 1.807) is 0 Å². The SMILES string of the molecule is N#CC1COc2ccc(Br)cc2N1. The summed E-state index contributed by atoms with van der Waals surface area (Å²) in [5.74, 6) is 0.801. The summed E-state index contributed by atoms with van der Waals surface area (Å²) in [5.41, 5.74) is 0.868. The average Bonchev–Trinajstić information content (AvgIpc) is 2.16. The van der Waals surface area contributed by atoms with Gasteiger partial charge in [-0.15, -0.1) is 0 Å². The smallest absolute Gasteiger partial charge is 0.149 e. The lowest BCUT2D eigenvalue weighted by Crippen LogP contribution is -2.29. The summed E-state index contributed by atoms with van der Waals surface area (Å²) in [5, 5.41) is 11.8. The Bertz CT molecular complexity index is 372. The molecule has 0 amide bonds. The van der Waals surface area contributed by atoms with Crippen LogP contribution in [-0.4, -0.2) is 12.6 Å². The highest BCUT2D eigenvalue weighted by atomic mass is 79.9. The highest BCUT2D eigenvalue weighted by molar-refractivity contribution is 9.10. The predicted molar refractivity (Wildman–Crippen MR) is 52.7 cm³/mol. The van der Waals surface area contributed by atoms with Gasteiger partial charge in [0, 0.05) is 4.47 Å². The maximum atomic E-state index is 8.68. The third-order valence-electron chi connectivity index (χ3n) is 1.83. The van der Waals surface area contributed by atoms with Crippen LogP contribution >= 0.6 is 15.9 Å². The zero-order valence-electron chi connectivity index (χ0n) is 6.75. The van der Waals surface area contributed by atoms with E-state index in [-0.39, 0.29) is 6.04 Å². The number of halogens is 1. The molecule has 0 saturated heterocycles. The van der Waals surface area contributed by atoms with Gasteiger partial charge in [0.15, 0.2) is 0 Å². The zero-order valence-corrected chi connectivity index (χ0v) is 8.34. The van der Waals surface area contributed by atoms with Crippen molar-refractivity contribution in [3.8, 4) is 11.8 Å². The summed E-state index contributed by atoms with van der Waals surface area (Å²) < 4.78 is 6.35. The molecule has 3 nitrogen and oxygen atoms in total. The van der Waals surface area contributed by atoms with Crippen LogP contribution in [0.25, 0.3) is 0 Å². The van der Waals surface area contributed by atoms with Crippen LogP contribution < -0.4 is 10.1 Å². The van der Waals surface area contributed by atoms with E-state index in [2.05, 4.69) is 27.3 Å².